The van der Waals surface area contributed by atoms with Crippen LogP contribution in [-0.4, -0.2) is 19.2 Å². The first-order valence-electron chi connectivity index (χ1n) is 7.37. The SMILES string of the molecule is Clc1ccc(OC2CCC3CNC[C@@H]32)c2ccccc12. The molecule has 0 amide bonds. The Kier molecular flexibility index (Phi) is 3.08. The van der Waals surface area contributed by atoms with Gasteiger partial charge in [-0.05, 0) is 37.4 Å². The van der Waals surface area contributed by atoms with Crippen molar-refractivity contribution >= 4 is 22.4 Å². The van der Waals surface area contributed by atoms with Gasteiger partial charge in [-0.3, -0.25) is 0 Å². The maximum absolute atomic E-state index is 6.36. The van der Waals surface area contributed by atoms with Crippen LogP contribution in [0.1, 0.15) is 12.8 Å². The molecule has 20 heavy (non-hydrogen) atoms. The largest absolute Gasteiger partial charge is 0.489 e. The summed E-state index contributed by atoms with van der Waals surface area (Å²) in [5, 5.41) is 6.47. The summed E-state index contributed by atoms with van der Waals surface area (Å²) in [5.41, 5.74) is 0. The van der Waals surface area contributed by atoms with E-state index in [-0.39, 0.29) is 0 Å². The van der Waals surface area contributed by atoms with Crippen LogP contribution in [0.5, 0.6) is 5.75 Å². The average Bonchev–Trinajstić information content (AvgIpc) is 3.07. The molecule has 1 saturated heterocycles. The average molecular weight is 288 g/mol. The molecule has 2 nitrogen and oxygen atoms in total. The molecule has 1 heterocycles. The van der Waals surface area contributed by atoms with Crippen LogP contribution in [0, 0.1) is 11.8 Å². The summed E-state index contributed by atoms with van der Waals surface area (Å²) < 4.78 is 6.36. The van der Waals surface area contributed by atoms with E-state index in [0.717, 1.165) is 40.6 Å². The van der Waals surface area contributed by atoms with Crippen LogP contribution in [-0.2, 0) is 0 Å². The lowest BCUT2D eigenvalue weighted by Gasteiger charge is -2.21. The zero-order valence-electron chi connectivity index (χ0n) is 11.3. The van der Waals surface area contributed by atoms with Gasteiger partial charge in [-0.15, -0.1) is 0 Å². The van der Waals surface area contributed by atoms with Crippen molar-refractivity contribution in [2.24, 2.45) is 11.8 Å². The number of rotatable bonds is 2. The molecule has 2 aromatic carbocycles. The van der Waals surface area contributed by atoms with Gasteiger partial charge in [0.2, 0.25) is 0 Å². The highest BCUT2D eigenvalue weighted by molar-refractivity contribution is 6.35. The minimum atomic E-state index is 0.347. The van der Waals surface area contributed by atoms with Gasteiger partial charge in [0.05, 0.1) is 0 Å². The fraction of sp³-hybridized carbons (Fsp3) is 0.412. The number of nitrogens with one attached hydrogen (secondary N) is 1. The predicted octanol–water partition coefficient (Wildman–Crippen LogP) is 3.87. The first-order chi connectivity index (χ1) is 9.83. The molecule has 1 saturated carbocycles. The Morgan fingerprint density at radius 3 is 2.75 bits per heavy atom. The second kappa shape index (κ2) is 4.94. The molecule has 0 bridgehead atoms. The Morgan fingerprint density at radius 2 is 1.85 bits per heavy atom. The Hall–Kier alpha value is -1.25. The molecule has 4 rings (SSSR count). The molecule has 2 unspecified atom stereocenters. The standard InChI is InChI=1S/C17H18ClNO/c18-15-6-8-16(13-4-2-1-3-12(13)15)20-17-7-5-11-9-19-10-14(11)17/h1-4,6,8,11,14,17,19H,5,7,9-10H2/t11?,14-,17?/m0/s1. The fourth-order valence-corrected chi connectivity index (χ4v) is 3.97. The number of benzene rings is 2. The third-order valence-electron chi connectivity index (χ3n) is 4.80. The van der Waals surface area contributed by atoms with E-state index in [1.54, 1.807) is 0 Å². The van der Waals surface area contributed by atoms with Crippen LogP contribution in [0.3, 0.4) is 0 Å². The Bertz CT molecular complexity index is 642. The lowest BCUT2D eigenvalue weighted by molar-refractivity contribution is 0.160. The van der Waals surface area contributed by atoms with Crippen molar-refractivity contribution in [3.63, 3.8) is 0 Å². The Morgan fingerprint density at radius 1 is 1.00 bits per heavy atom. The van der Waals surface area contributed by atoms with Gasteiger partial charge in [-0.25, -0.2) is 0 Å². The van der Waals surface area contributed by atoms with E-state index in [2.05, 4.69) is 17.4 Å². The molecule has 3 atom stereocenters. The molecule has 2 fully saturated rings. The zero-order chi connectivity index (χ0) is 13.5. The first kappa shape index (κ1) is 12.5. The van der Waals surface area contributed by atoms with Crippen molar-refractivity contribution in [3.8, 4) is 5.75 Å². The summed E-state index contributed by atoms with van der Waals surface area (Å²) in [6, 6.07) is 12.2. The third-order valence-corrected chi connectivity index (χ3v) is 5.13. The Labute approximate surface area is 124 Å². The summed E-state index contributed by atoms with van der Waals surface area (Å²) in [6.45, 7) is 2.26. The van der Waals surface area contributed by atoms with Crippen LogP contribution in [0.15, 0.2) is 36.4 Å². The van der Waals surface area contributed by atoms with Gasteiger partial charge in [0.25, 0.3) is 0 Å². The monoisotopic (exact) mass is 287 g/mol. The number of fused-ring (bicyclic) bond motifs is 2. The van der Waals surface area contributed by atoms with E-state index in [1.165, 1.54) is 12.8 Å². The molecular weight excluding hydrogens is 270 g/mol. The van der Waals surface area contributed by atoms with Crippen molar-refractivity contribution in [2.45, 2.75) is 18.9 Å². The molecule has 1 N–H and O–H groups in total. The van der Waals surface area contributed by atoms with Crippen LogP contribution < -0.4 is 10.1 Å². The van der Waals surface area contributed by atoms with Crippen molar-refractivity contribution in [1.29, 1.82) is 0 Å². The molecule has 0 radical (unpaired) electrons. The second-order valence-corrected chi connectivity index (χ2v) is 6.31. The second-order valence-electron chi connectivity index (χ2n) is 5.91. The van der Waals surface area contributed by atoms with E-state index < -0.39 is 0 Å². The summed E-state index contributed by atoms with van der Waals surface area (Å²) in [4.78, 5) is 0. The van der Waals surface area contributed by atoms with Gasteiger partial charge in [0.1, 0.15) is 11.9 Å². The van der Waals surface area contributed by atoms with Gasteiger partial charge in [0, 0.05) is 28.3 Å². The quantitative estimate of drug-likeness (QED) is 0.905. The van der Waals surface area contributed by atoms with E-state index in [1.807, 2.05) is 24.3 Å². The molecule has 1 aliphatic heterocycles. The zero-order valence-corrected chi connectivity index (χ0v) is 12.1. The number of halogens is 1. The van der Waals surface area contributed by atoms with Gasteiger partial charge in [0.15, 0.2) is 0 Å². The highest BCUT2D eigenvalue weighted by Gasteiger charge is 2.40. The molecule has 1 aliphatic carbocycles. The minimum Gasteiger partial charge on any atom is -0.489 e. The van der Waals surface area contributed by atoms with Gasteiger partial charge in [-0.1, -0.05) is 35.9 Å². The summed E-state index contributed by atoms with van der Waals surface area (Å²) in [6.07, 6.45) is 2.81. The van der Waals surface area contributed by atoms with Crippen LogP contribution in [0.2, 0.25) is 5.02 Å². The summed E-state index contributed by atoms with van der Waals surface area (Å²) >= 11 is 6.27. The maximum atomic E-state index is 6.36. The lowest BCUT2D eigenvalue weighted by Crippen LogP contribution is -2.26. The third kappa shape index (κ3) is 1.99. The molecular formula is C17H18ClNO. The highest BCUT2D eigenvalue weighted by atomic mass is 35.5. The number of hydrogen-bond donors (Lipinski definition) is 1. The van der Waals surface area contributed by atoms with Crippen LogP contribution in [0.25, 0.3) is 10.8 Å². The maximum Gasteiger partial charge on any atom is 0.127 e. The molecule has 2 aliphatic rings. The van der Waals surface area contributed by atoms with Crippen LogP contribution in [0.4, 0.5) is 0 Å². The first-order valence-corrected chi connectivity index (χ1v) is 7.75. The molecule has 3 heteroatoms. The van der Waals surface area contributed by atoms with Crippen molar-refractivity contribution in [3.05, 3.63) is 41.4 Å². The summed E-state index contributed by atoms with van der Waals surface area (Å²) in [7, 11) is 0. The predicted molar refractivity (Wildman–Crippen MR) is 82.5 cm³/mol. The van der Waals surface area contributed by atoms with Crippen molar-refractivity contribution < 1.29 is 4.74 Å². The molecule has 2 aromatic rings. The normalized spacial score (nSPS) is 28.8. The smallest absolute Gasteiger partial charge is 0.127 e. The molecule has 104 valence electrons. The Balaban J connectivity index is 1.68. The summed E-state index contributed by atoms with van der Waals surface area (Å²) in [5.74, 6) is 2.45. The fourth-order valence-electron chi connectivity index (χ4n) is 3.74. The number of ether oxygens (including phenoxy) is 1. The van der Waals surface area contributed by atoms with Crippen molar-refractivity contribution in [2.75, 3.05) is 13.1 Å². The van der Waals surface area contributed by atoms with E-state index in [0.29, 0.717) is 12.0 Å². The number of hydrogen-bond acceptors (Lipinski definition) is 2. The van der Waals surface area contributed by atoms with E-state index in [9.17, 15) is 0 Å². The highest BCUT2D eigenvalue weighted by Crippen LogP contribution is 2.39. The van der Waals surface area contributed by atoms with E-state index in [4.69, 9.17) is 16.3 Å². The van der Waals surface area contributed by atoms with Gasteiger partial charge in [-0.2, -0.15) is 0 Å². The molecule has 0 spiro atoms. The van der Waals surface area contributed by atoms with E-state index >= 15 is 0 Å². The van der Waals surface area contributed by atoms with Gasteiger partial charge >= 0.3 is 0 Å². The molecule has 0 aromatic heterocycles. The van der Waals surface area contributed by atoms with Gasteiger partial charge < -0.3 is 10.1 Å². The minimum absolute atomic E-state index is 0.347. The lowest BCUT2D eigenvalue weighted by atomic mass is 9.99. The topological polar surface area (TPSA) is 21.3 Å². The van der Waals surface area contributed by atoms with Crippen molar-refractivity contribution in [1.82, 2.24) is 5.32 Å². The van der Waals surface area contributed by atoms with Crippen LogP contribution >= 0.6 is 11.6 Å².